The molecule has 2 N–H and O–H groups in total. The van der Waals surface area contributed by atoms with Crippen molar-refractivity contribution in [1.82, 2.24) is 20.5 Å². The second-order valence-electron chi connectivity index (χ2n) is 6.88. The number of rotatable bonds is 8. The number of imide groups is 1. The third-order valence-corrected chi connectivity index (χ3v) is 5.76. The monoisotopic (exact) mass is 541 g/mol. The van der Waals surface area contributed by atoms with Gasteiger partial charge in [0.2, 0.25) is 0 Å². The number of aromatic nitrogens is 1. The molecule has 162 valence electrons. The Balaban J connectivity index is 0.00000320. The Labute approximate surface area is 198 Å². The van der Waals surface area contributed by atoms with Gasteiger partial charge in [0.05, 0.1) is 28.4 Å². The number of carbonyl (C=O) groups excluding carboxylic acids is 2. The topological polar surface area (TPSA) is 86.7 Å². The number of guanidine groups is 1. The van der Waals surface area contributed by atoms with Crippen molar-refractivity contribution >= 4 is 53.1 Å². The molecule has 1 aliphatic heterocycles. The van der Waals surface area contributed by atoms with Crippen molar-refractivity contribution in [2.45, 2.75) is 40.2 Å². The number of benzene rings is 1. The Hall–Kier alpha value is -2.01. The average Bonchev–Trinajstić information content (AvgIpc) is 3.16. The first-order valence-electron chi connectivity index (χ1n) is 9.91. The maximum absolute atomic E-state index is 12.4. The number of nitrogens with one attached hydrogen (secondary N) is 2. The van der Waals surface area contributed by atoms with Crippen molar-refractivity contribution in [1.29, 1.82) is 0 Å². The van der Waals surface area contributed by atoms with Crippen LogP contribution >= 0.6 is 35.3 Å². The van der Waals surface area contributed by atoms with Crippen molar-refractivity contribution in [3.05, 3.63) is 51.0 Å². The van der Waals surface area contributed by atoms with Gasteiger partial charge in [-0.15, -0.1) is 35.3 Å². The molecule has 3 rings (SSSR count). The zero-order chi connectivity index (χ0) is 20.8. The van der Waals surface area contributed by atoms with E-state index in [1.807, 2.05) is 20.8 Å². The fraction of sp³-hybridized carbons (Fsp3) is 0.429. The summed E-state index contributed by atoms with van der Waals surface area (Å²) in [6, 6.07) is 6.99. The average molecular weight is 541 g/mol. The number of hydrogen-bond acceptors (Lipinski definition) is 5. The minimum Gasteiger partial charge on any atom is -0.357 e. The van der Waals surface area contributed by atoms with Crippen LogP contribution in [0.5, 0.6) is 0 Å². The summed E-state index contributed by atoms with van der Waals surface area (Å²) in [5.41, 5.74) is 2.05. The normalized spacial score (nSPS) is 13.3. The molecule has 1 aromatic heterocycles. The third kappa shape index (κ3) is 5.78. The first-order valence-corrected chi connectivity index (χ1v) is 10.7. The summed E-state index contributed by atoms with van der Waals surface area (Å²) in [6.45, 7) is 8.57. The highest BCUT2D eigenvalue weighted by Gasteiger charge is 2.34. The fourth-order valence-electron chi connectivity index (χ4n) is 3.26. The third-order valence-electron chi connectivity index (χ3n) is 4.70. The summed E-state index contributed by atoms with van der Waals surface area (Å²) in [7, 11) is 0. The van der Waals surface area contributed by atoms with Crippen LogP contribution in [0.2, 0.25) is 0 Å². The van der Waals surface area contributed by atoms with Crippen molar-refractivity contribution < 1.29 is 9.59 Å². The van der Waals surface area contributed by atoms with Gasteiger partial charge < -0.3 is 10.6 Å². The summed E-state index contributed by atoms with van der Waals surface area (Å²) in [4.78, 5) is 36.3. The molecule has 2 amide bonds. The summed E-state index contributed by atoms with van der Waals surface area (Å²) in [5.74, 6) is 0.381. The van der Waals surface area contributed by atoms with Gasteiger partial charge in [-0.05, 0) is 45.7 Å². The Morgan fingerprint density at radius 1 is 1.10 bits per heavy atom. The molecule has 0 saturated carbocycles. The second kappa shape index (κ2) is 11.4. The van der Waals surface area contributed by atoms with Crippen LogP contribution in [0.25, 0.3) is 0 Å². The highest BCUT2D eigenvalue weighted by Crippen LogP contribution is 2.22. The van der Waals surface area contributed by atoms with Crippen LogP contribution in [-0.4, -0.2) is 47.3 Å². The second-order valence-corrected chi connectivity index (χ2v) is 8.17. The van der Waals surface area contributed by atoms with Crippen LogP contribution in [-0.2, 0) is 6.54 Å². The molecular formula is C21H28IN5O2S. The number of halogens is 1. The zero-order valence-electron chi connectivity index (χ0n) is 17.5. The molecular weight excluding hydrogens is 513 g/mol. The van der Waals surface area contributed by atoms with Crippen molar-refractivity contribution in [2.75, 3.05) is 19.6 Å². The molecule has 0 spiro atoms. The highest BCUT2D eigenvalue weighted by molar-refractivity contribution is 14.0. The minimum absolute atomic E-state index is 0. The van der Waals surface area contributed by atoms with Gasteiger partial charge >= 0.3 is 0 Å². The minimum atomic E-state index is -0.191. The number of fused-ring (bicyclic) bond motifs is 1. The molecule has 30 heavy (non-hydrogen) atoms. The molecule has 2 heterocycles. The van der Waals surface area contributed by atoms with Crippen LogP contribution in [0.4, 0.5) is 0 Å². The summed E-state index contributed by atoms with van der Waals surface area (Å²) < 4.78 is 0. The van der Waals surface area contributed by atoms with E-state index in [0.29, 0.717) is 24.2 Å². The van der Waals surface area contributed by atoms with E-state index in [9.17, 15) is 9.59 Å². The quantitative estimate of drug-likeness (QED) is 0.176. The summed E-state index contributed by atoms with van der Waals surface area (Å²) in [5, 5.41) is 7.61. The van der Waals surface area contributed by atoms with Crippen LogP contribution in [0.3, 0.4) is 0 Å². The number of nitrogens with zero attached hydrogens (tertiary/aromatic N) is 3. The predicted molar refractivity (Wildman–Crippen MR) is 131 cm³/mol. The lowest BCUT2D eigenvalue weighted by molar-refractivity contribution is 0.0652. The lowest BCUT2D eigenvalue weighted by Gasteiger charge is -2.14. The van der Waals surface area contributed by atoms with Crippen LogP contribution in [0.1, 0.15) is 56.1 Å². The van der Waals surface area contributed by atoms with Crippen molar-refractivity contribution in [2.24, 2.45) is 4.99 Å². The number of aliphatic imine (C=N–C) groups is 1. The van der Waals surface area contributed by atoms with Gasteiger partial charge in [-0.25, -0.2) is 9.98 Å². The number of unbranched alkanes of at least 4 members (excludes halogenated alkanes) is 1. The maximum Gasteiger partial charge on any atom is 0.261 e. The fourth-order valence-corrected chi connectivity index (χ4v) is 4.12. The van der Waals surface area contributed by atoms with Gasteiger partial charge in [-0.2, -0.15) is 0 Å². The van der Waals surface area contributed by atoms with Crippen LogP contribution in [0, 0.1) is 13.8 Å². The molecule has 0 aliphatic carbocycles. The van der Waals surface area contributed by atoms with Crippen LogP contribution in [0.15, 0.2) is 29.3 Å². The number of hydrogen-bond donors (Lipinski definition) is 2. The molecule has 0 fully saturated rings. The Morgan fingerprint density at radius 3 is 2.33 bits per heavy atom. The van der Waals surface area contributed by atoms with Gasteiger partial charge in [0, 0.05) is 24.5 Å². The lowest BCUT2D eigenvalue weighted by atomic mass is 10.1. The largest absolute Gasteiger partial charge is 0.357 e. The van der Waals surface area contributed by atoms with Gasteiger partial charge in [-0.3, -0.25) is 14.5 Å². The Morgan fingerprint density at radius 2 is 1.77 bits per heavy atom. The number of thiazole rings is 1. The van der Waals surface area contributed by atoms with Gasteiger partial charge in [0.1, 0.15) is 0 Å². The summed E-state index contributed by atoms with van der Waals surface area (Å²) >= 11 is 1.67. The van der Waals surface area contributed by atoms with E-state index >= 15 is 0 Å². The number of carbonyl (C=O) groups is 2. The molecule has 0 atom stereocenters. The van der Waals surface area contributed by atoms with Crippen molar-refractivity contribution in [3.8, 4) is 0 Å². The first kappa shape index (κ1) is 24.3. The highest BCUT2D eigenvalue weighted by atomic mass is 127. The maximum atomic E-state index is 12.4. The van der Waals surface area contributed by atoms with Gasteiger partial charge in [0.15, 0.2) is 5.96 Å². The van der Waals surface area contributed by atoms with E-state index in [0.717, 1.165) is 42.6 Å². The zero-order valence-corrected chi connectivity index (χ0v) is 20.7. The molecule has 9 heteroatoms. The molecule has 7 nitrogen and oxygen atoms in total. The van der Waals surface area contributed by atoms with Crippen molar-refractivity contribution in [3.63, 3.8) is 0 Å². The van der Waals surface area contributed by atoms with Gasteiger partial charge in [-0.1, -0.05) is 12.1 Å². The standard InChI is InChI=1S/C21H27N5O2S.HI/c1-4-22-21(24-13-18-14(2)25-15(3)29-18)23-11-7-8-12-26-19(27)16-9-5-6-10-17(16)20(26)28;/h5-6,9-10H,4,7-8,11-13H2,1-3H3,(H2,22,23,24);1H. The van der Waals surface area contributed by atoms with E-state index < -0.39 is 0 Å². The molecule has 0 radical (unpaired) electrons. The summed E-state index contributed by atoms with van der Waals surface area (Å²) in [6.07, 6.45) is 1.57. The van der Waals surface area contributed by atoms with E-state index in [2.05, 4.69) is 20.6 Å². The molecule has 1 aliphatic rings. The Bertz CT molecular complexity index is 893. The van der Waals surface area contributed by atoms with Crippen LogP contribution < -0.4 is 10.6 Å². The number of amides is 2. The molecule has 2 aromatic rings. The van der Waals surface area contributed by atoms with E-state index in [1.54, 1.807) is 35.6 Å². The molecule has 0 saturated heterocycles. The van der Waals surface area contributed by atoms with E-state index in [-0.39, 0.29) is 35.8 Å². The molecule has 0 unspecified atom stereocenters. The first-order chi connectivity index (χ1) is 14.0. The van der Waals surface area contributed by atoms with E-state index in [1.165, 1.54) is 9.78 Å². The van der Waals surface area contributed by atoms with Gasteiger partial charge in [0.25, 0.3) is 11.8 Å². The number of aryl methyl sites for hydroxylation is 2. The SMILES string of the molecule is CCNC(=NCc1sc(C)nc1C)NCCCCN1C(=O)c2ccccc2C1=O.I. The molecule has 1 aromatic carbocycles. The molecule has 0 bridgehead atoms. The predicted octanol–water partition coefficient (Wildman–Crippen LogP) is 3.51. The smallest absolute Gasteiger partial charge is 0.261 e. The van der Waals surface area contributed by atoms with E-state index in [4.69, 9.17) is 0 Å². The lowest BCUT2D eigenvalue weighted by Crippen LogP contribution is -2.38. The Kier molecular flexibility index (Phi) is 9.22.